The van der Waals surface area contributed by atoms with Crippen molar-refractivity contribution in [2.24, 2.45) is 12.9 Å². The second-order valence-corrected chi connectivity index (χ2v) is 3.13. The van der Waals surface area contributed by atoms with Gasteiger partial charge in [-0.25, -0.2) is 15.2 Å². The lowest BCUT2D eigenvalue weighted by atomic mass is 10.4. The number of amides is 1. The van der Waals surface area contributed by atoms with Gasteiger partial charge in [0.25, 0.3) is 11.5 Å². The van der Waals surface area contributed by atoms with Crippen molar-refractivity contribution in [1.82, 2.24) is 30.2 Å². The summed E-state index contributed by atoms with van der Waals surface area (Å²) in [5, 5.41) is 11.6. The smallest absolute Gasteiger partial charge is 0.281 e. The minimum atomic E-state index is -0.528. The van der Waals surface area contributed by atoms with Crippen molar-refractivity contribution in [3.8, 4) is 0 Å². The molecule has 0 aliphatic rings. The first-order valence-corrected chi connectivity index (χ1v) is 4.38. The molecule has 9 nitrogen and oxygen atoms in total. The van der Waals surface area contributed by atoms with Crippen LogP contribution in [0.25, 0.3) is 11.0 Å². The molecule has 0 saturated carbocycles. The molecule has 0 aromatic carbocycles. The van der Waals surface area contributed by atoms with Crippen LogP contribution in [-0.4, -0.2) is 30.7 Å². The number of aromatic nitrogens is 5. The molecule has 16 heavy (non-hydrogen) atoms. The van der Waals surface area contributed by atoms with E-state index in [2.05, 4.69) is 15.4 Å². The molecule has 2 aromatic rings. The third kappa shape index (κ3) is 1.52. The molecule has 0 fully saturated rings. The number of fused-ring (bicyclic) bond motifs is 1. The van der Waals surface area contributed by atoms with Crippen LogP contribution in [0, 0.1) is 0 Å². The zero-order valence-electron chi connectivity index (χ0n) is 8.41. The molecule has 0 saturated heterocycles. The second-order valence-electron chi connectivity index (χ2n) is 3.13. The highest BCUT2D eigenvalue weighted by molar-refractivity contribution is 5.76. The van der Waals surface area contributed by atoms with E-state index >= 15 is 0 Å². The van der Waals surface area contributed by atoms with Crippen molar-refractivity contribution in [3.63, 3.8) is 0 Å². The summed E-state index contributed by atoms with van der Waals surface area (Å²) in [7, 11) is 1.65. The summed E-state index contributed by atoms with van der Waals surface area (Å²) in [5.41, 5.74) is 1.85. The molecule has 2 aromatic heterocycles. The molecule has 0 bridgehead atoms. The SMILES string of the molecule is Cn1ncc2c(=O)n(CC(=O)NN)nnc21. The lowest BCUT2D eigenvalue weighted by Gasteiger charge is -2.01. The molecule has 0 aliphatic carbocycles. The monoisotopic (exact) mass is 223 g/mol. The predicted octanol–water partition coefficient (Wildman–Crippen LogP) is -2.49. The van der Waals surface area contributed by atoms with Crippen LogP contribution in [-0.2, 0) is 18.4 Å². The number of nitrogens with zero attached hydrogens (tertiary/aromatic N) is 5. The van der Waals surface area contributed by atoms with Crippen LogP contribution in [0.15, 0.2) is 11.0 Å². The van der Waals surface area contributed by atoms with Gasteiger partial charge in [-0.3, -0.25) is 15.0 Å². The summed E-state index contributed by atoms with van der Waals surface area (Å²) in [6.45, 7) is -0.271. The van der Waals surface area contributed by atoms with E-state index in [0.29, 0.717) is 11.0 Å². The molecule has 0 aliphatic heterocycles. The third-order valence-corrected chi connectivity index (χ3v) is 2.07. The van der Waals surface area contributed by atoms with E-state index in [9.17, 15) is 9.59 Å². The Hall–Kier alpha value is -2.29. The van der Waals surface area contributed by atoms with Gasteiger partial charge in [0.05, 0.1) is 6.20 Å². The Morgan fingerprint density at radius 3 is 3.06 bits per heavy atom. The van der Waals surface area contributed by atoms with E-state index in [0.717, 1.165) is 4.68 Å². The maximum Gasteiger partial charge on any atom is 0.281 e. The lowest BCUT2D eigenvalue weighted by molar-refractivity contribution is -0.122. The molecule has 9 heteroatoms. The molecule has 0 unspecified atom stereocenters. The van der Waals surface area contributed by atoms with Crippen LogP contribution in [0.4, 0.5) is 0 Å². The predicted molar refractivity (Wildman–Crippen MR) is 52.9 cm³/mol. The molecule has 2 heterocycles. The van der Waals surface area contributed by atoms with Crippen molar-refractivity contribution < 1.29 is 4.79 Å². The van der Waals surface area contributed by atoms with Gasteiger partial charge in [0.15, 0.2) is 5.65 Å². The summed E-state index contributed by atoms with van der Waals surface area (Å²) < 4.78 is 2.35. The van der Waals surface area contributed by atoms with Gasteiger partial charge < -0.3 is 0 Å². The Kier molecular flexibility index (Phi) is 2.37. The Morgan fingerprint density at radius 1 is 1.62 bits per heavy atom. The molecule has 3 N–H and O–H groups in total. The van der Waals surface area contributed by atoms with E-state index in [-0.39, 0.29) is 6.54 Å². The quantitative estimate of drug-likeness (QED) is 0.330. The van der Waals surface area contributed by atoms with Gasteiger partial charge in [-0.15, -0.1) is 5.10 Å². The molecular weight excluding hydrogens is 214 g/mol. The number of hydrogen-bond acceptors (Lipinski definition) is 6. The Balaban J connectivity index is 2.53. The van der Waals surface area contributed by atoms with E-state index in [1.54, 1.807) is 7.05 Å². The minimum Gasteiger partial charge on any atom is -0.293 e. The highest BCUT2D eigenvalue weighted by Crippen LogP contribution is 2.01. The fourth-order valence-corrected chi connectivity index (χ4v) is 1.26. The van der Waals surface area contributed by atoms with Gasteiger partial charge in [-0.2, -0.15) is 5.10 Å². The van der Waals surface area contributed by atoms with Crippen molar-refractivity contribution >= 4 is 16.9 Å². The van der Waals surface area contributed by atoms with Gasteiger partial charge in [0.1, 0.15) is 11.9 Å². The first kappa shape index (κ1) is 10.2. The number of rotatable bonds is 2. The highest BCUT2D eigenvalue weighted by Gasteiger charge is 2.11. The summed E-state index contributed by atoms with van der Waals surface area (Å²) >= 11 is 0. The molecule has 0 radical (unpaired) electrons. The number of nitrogens with one attached hydrogen (secondary N) is 1. The van der Waals surface area contributed by atoms with Crippen LogP contribution in [0.5, 0.6) is 0 Å². The summed E-state index contributed by atoms with van der Waals surface area (Å²) in [4.78, 5) is 22.8. The largest absolute Gasteiger partial charge is 0.293 e. The van der Waals surface area contributed by atoms with Crippen LogP contribution >= 0.6 is 0 Å². The molecular formula is C7H9N7O2. The molecule has 0 spiro atoms. The maximum atomic E-state index is 11.8. The number of hydrazine groups is 1. The topological polar surface area (TPSA) is 121 Å². The molecule has 0 atom stereocenters. The molecule has 1 amide bonds. The summed E-state index contributed by atoms with van der Waals surface area (Å²) in [6.07, 6.45) is 1.38. The van der Waals surface area contributed by atoms with Gasteiger partial charge in [0, 0.05) is 7.05 Å². The van der Waals surface area contributed by atoms with Crippen LogP contribution in [0.1, 0.15) is 0 Å². The summed E-state index contributed by atoms with van der Waals surface area (Å²) in [6, 6.07) is 0. The van der Waals surface area contributed by atoms with E-state index in [1.807, 2.05) is 5.43 Å². The van der Waals surface area contributed by atoms with Crippen LogP contribution in [0.3, 0.4) is 0 Å². The Labute approximate surface area is 88.8 Å². The Bertz CT molecular complexity index is 598. The standard InChI is InChI=1S/C7H9N7O2/c1-13-6-4(2-9-13)7(16)14(12-11-6)3-5(15)10-8/h2H,3,8H2,1H3,(H,10,15). The number of carbonyl (C=O) groups is 1. The minimum absolute atomic E-state index is 0.271. The maximum absolute atomic E-state index is 11.8. The van der Waals surface area contributed by atoms with E-state index in [4.69, 9.17) is 5.84 Å². The number of aryl methyl sites for hydroxylation is 1. The zero-order valence-corrected chi connectivity index (χ0v) is 8.41. The summed E-state index contributed by atoms with van der Waals surface area (Å²) in [5.74, 6) is 4.38. The zero-order chi connectivity index (χ0) is 11.7. The molecule has 2 rings (SSSR count). The number of hydrogen-bond donors (Lipinski definition) is 2. The van der Waals surface area contributed by atoms with Crippen LogP contribution in [0.2, 0.25) is 0 Å². The normalized spacial score (nSPS) is 10.6. The number of nitrogens with two attached hydrogens (primary N) is 1. The first-order valence-electron chi connectivity index (χ1n) is 4.38. The van der Waals surface area contributed by atoms with Crippen molar-refractivity contribution in [2.45, 2.75) is 6.54 Å². The van der Waals surface area contributed by atoms with Crippen LogP contribution < -0.4 is 16.8 Å². The Morgan fingerprint density at radius 2 is 2.38 bits per heavy atom. The van der Waals surface area contributed by atoms with Crippen molar-refractivity contribution in [1.29, 1.82) is 0 Å². The average Bonchev–Trinajstić information content (AvgIpc) is 2.65. The fourth-order valence-electron chi connectivity index (χ4n) is 1.26. The third-order valence-electron chi connectivity index (χ3n) is 2.07. The molecule has 84 valence electrons. The lowest BCUT2D eigenvalue weighted by Crippen LogP contribution is -2.37. The van der Waals surface area contributed by atoms with Gasteiger partial charge in [-0.05, 0) is 0 Å². The van der Waals surface area contributed by atoms with Gasteiger partial charge in [-0.1, -0.05) is 5.21 Å². The van der Waals surface area contributed by atoms with Crippen molar-refractivity contribution in [2.75, 3.05) is 0 Å². The average molecular weight is 223 g/mol. The number of carbonyl (C=O) groups excluding carboxylic acids is 1. The highest BCUT2D eigenvalue weighted by atomic mass is 16.2. The van der Waals surface area contributed by atoms with E-state index < -0.39 is 11.5 Å². The van der Waals surface area contributed by atoms with E-state index in [1.165, 1.54) is 10.9 Å². The van der Waals surface area contributed by atoms with Gasteiger partial charge >= 0.3 is 0 Å². The van der Waals surface area contributed by atoms with Gasteiger partial charge in [0.2, 0.25) is 0 Å². The van der Waals surface area contributed by atoms with Crippen molar-refractivity contribution in [3.05, 3.63) is 16.6 Å². The first-order chi connectivity index (χ1) is 7.63. The second kappa shape index (κ2) is 3.70. The fraction of sp³-hybridized carbons (Fsp3) is 0.286.